The molecule has 0 heterocycles. The van der Waals surface area contributed by atoms with Crippen LogP contribution in [0.3, 0.4) is 0 Å². The molecule has 15 heavy (non-hydrogen) atoms. The highest BCUT2D eigenvalue weighted by Gasteiger charge is 2.23. The minimum absolute atomic E-state index is 0.0726. The number of benzene rings is 1. The highest BCUT2D eigenvalue weighted by Crippen LogP contribution is 2.28. The zero-order valence-electron chi connectivity index (χ0n) is 9.63. The Morgan fingerprint density at radius 3 is 2.13 bits per heavy atom. The van der Waals surface area contributed by atoms with Gasteiger partial charge in [-0.2, -0.15) is 0 Å². The molecular weight excluding hydrogens is 191 g/mol. The second kappa shape index (κ2) is 4.75. The van der Waals surface area contributed by atoms with Crippen LogP contribution < -0.4 is 0 Å². The minimum Gasteiger partial charge on any atom is -0.396 e. The van der Waals surface area contributed by atoms with Gasteiger partial charge in [-0.15, -0.1) is 0 Å². The summed E-state index contributed by atoms with van der Waals surface area (Å²) in [5.41, 5.74) is 1.15. The molecule has 1 aromatic carbocycles. The predicted octanol–water partition coefficient (Wildman–Crippen LogP) is 3.02. The van der Waals surface area contributed by atoms with Gasteiger partial charge >= 0.3 is 0 Å². The van der Waals surface area contributed by atoms with Crippen LogP contribution in [0.25, 0.3) is 0 Å². The van der Waals surface area contributed by atoms with Crippen molar-refractivity contribution in [3.8, 4) is 0 Å². The molecule has 0 aliphatic heterocycles. The molecule has 1 nitrogen and oxygen atoms in total. The summed E-state index contributed by atoms with van der Waals surface area (Å²) >= 11 is 0. The lowest BCUT2D eigenvalue weighted by Gasteiger charge is -2.29. The van der Waals surface area contributed by atoms with E-state index in [1.54, 1.807) is 12.1 Å². The van der Waals surface area contributed by atoms with Gasteiger partial charge in [-0.1, -0.05) is 32.9 Å². The van der Waals surface area contributed by atoms with Crippen molar-refractivity contribution in [3.05, 3.63) is 35.6 Å². The molecule has 2 heteroatoms. The van der Waals surface area contributed by atoms with Crippen LogP contribution in [0.2, 0.25) is 0 Å². The average Bonchev–Trinajstić information content (AvgIpc) is 2.15. The third-order valence-corrected chi connectivity index (χ3v) is 2.84. The van der Waals surface area contributed by atoms with Crippen LogP contribution in [-0.4, -0.2) is 11.7 Å². The Hall–Kier alpha value is -0.890. The predicted molar refractivity (Wildman–Crippen MR) is 60.1 cm³/mol. The van der Waals surface area contributed by atoms with Gasteiger partial charge < -0.3 is 5.11 Å². The van der Waals surface area contributed by atoms with Gasteiger partial charge in [0.2, 0.25) is 0 Å². The van der Waals surface area contributed by atoms with E-state index in [-0.39, 0.29) is 23.8 Å². The molecular formula is C13H19FO. The number of hydrogen-bond donors (Lipinski definition) is 1. The van der Waals surface area contributed by atoms with Crippen LogP contribution in [0.1, 0.15) is 26.3 Å². The summed E-state index contributed by atoms with van der Waals surface area (Å²) < 4.78 is 12.7. The number of halogens is 1. The number of rotatable bonds is 3. The third-order valence-electron chi connectivity index (χ3n) is 2.84. The highest BCUT2D eigenvalue weighted by atomic mass is 19.1. The van der Waals surface area contributed by atoms with Crippen molar-refractivity contribution in [1.82, 2.24) is 0 Å². The summed E-state index contributed by atoms with van der Waals surface area (Å²) in [6.45, 7) is 6.49. The summed E-state index contributed by atoms with van der Waals surface area (Å²) in [4.78, 5) is 0. The van der Waals surface area contributed by atoms with Gasteiger partial charge in [-0.05, 0) is 35.4 Å². The summed E-state index contributed by atoms with van der Waals surface area (Å²) in [6.07, 6.45) is 0.792. The molecule has 0 spiro atoms. The molecule has 0 saturated carbocycles. The van der Waals surface area contributed by atoms with Gasteiger partial charge in [0.05, 0.1) is 0 Å². The summed E-state index contributed by atoms with van der Waals surface area (Å²) in [6, 6.07) is 6.49. The van der Waals surface area contributed by atoms with Crippen molar-refractivity contribution < 1.29 is 9.50 Å². The van der Waals surface area contributed by atoms with Crippen molar-refractivity contribution in [3.63, 3.8) is 0 Å². The van der Waals surface area contributed by atoms with Crippen molar-refractivity contribution in [2.24, 2.45) is 11.3 Å². The molecule has 1 N–H and O–H groups in total. The lowest BCUT2D eigenvalue weighted by Crippen LogP contribution is -2.25. The van der Waals surface area contributed by atoms with E-state index in [0.29, 0.717) is 0 Å². The first-order valence-corrected chi connectivity index (χ1v) is 5.29. The normalized spacial score (nSPS) is 13.9. The van der Waals surface area contributed by atoms with Gasteiger partial charge in [-0.25, -0.2) is 4.39 Å². The van der Waals surface area contributed by atoms with Gasteiger partial charge in [0.1, 0.15) is 5.82 Å². The summed E-state index contributed by atoms with van der Waals surface area (Å²) in [5, 5.41) is 9.30. The number of aliphatic hydroxyl groups excluding tert-OH is 1. The van der Waals surface area contributed by atoms with Gasteiger partial charge in [-0.3, -0.25) is 0 Å². The first-order valence-electron chi connectivity index (χ1n) is 5.29. The summed E-state index contributed by atoms with van der Waals surface area (Å²) in [7, 11) is 0. The number of hydrogen-bond acceptors (Lipinski definition) is 1. The Bertz CT molecular complexity index is 297. The van der Waals surface area contributed by atoms with E-state index >= 15 is 0 Å². The summed E-state index contributed by atoms with van der Waals surface area (Å²) in [5.74, 6) is -0.00183. The van der Waals surface area contributed by atoms with E-state index in [1.807, 2.05) is 0 Å². The van der Waals surface area contributed by atoms with Crippen LogP contribution in [-0.2, 0) is 6.42 Å². The van der Waals surface area contributed by atoms with Crippen LogP contribution in [0.5, 0.6) is 0 Å². The van der Waals surface area contributed by atoms with E-state index in [2.05, 4.69) is 20.8 Å². The fourth-order valence-electron chi connectivity index (χ4n) is 1.55. The van der Waals surface area contributed by atoms with Gasteiger partial charge in [0, 0.05) is 6.61 Å². The second-order valence-corrected chi connectivity index (χ2v) is 5.08. The SMILES string of the molecule is CC(C)(C)C(CO)Cc1ccc(F)cc1. The Labute approximate surface area is 90.9 Å². The maximum atomic E-state index is 12.7. The molecule has 0 amide bonds. The van der Waals surface area contributed by atoms with Crippen molar-refractivity contribution >= 4 is 0 Å². The van der Waals surface area contributed by atoms with E-state index in [0.717, 1.165) is 12.0 Å². The molecule has 0 aliphatic rings. The van der Waals surface area contributed by atoms with E-state index in [1.165, 1.54) is 12.1 Å². The van der Waals surface area contributed by atoms with Crippen LogP contribution in [0.4, 0.5) is 4.39 Å². The lowest BCUT2D eigenvalue weighted by molar-refractivity contribution is 0.131. The second-order valence-electron chi connectivity index (χ2n) is 5.08. The quantitative estimate of drug-likeness (QED) is 0.813. The van der Waals surface area contributed by atoms with Gasteiger partial charge in [0.15, 0.2) is 0 Å². The maximum Gasteiger partial charge on any atom is 0.123 e. The molecule has 1 aromatic rings. The number of aliphatic hydroxyl groups is 1. The molecule has 0 fully saturated rings. The van der Waals surface area contributed by atoms with E-state index in [4.69, 9.17) is 0 Å². The molecule has 1 atom stereocenters. The zero-order valence-corrected chi connectivity index (χ0v) is 9.63. The van der Waals surface area contributed by atoms with Crippen molar-refractivity contribution in [1.29, 1.82) is 0 Å². The maximum absolute atomic E-state index is 12.7. The van der Waals surface area contributed by atoms with Crippen molar-refractivity contribution in [2.45, 2.75) is 27.2 Å². The third kappa shape index (κ3) is 3.63. The first kappa shape index (κ1) is 12.2. The molecule has 0 aliphatic carbocycles. The molecule has 1 unspecified atom stereocenters. The highest BCUT2D eigenvalue weighted by molar-refractivity contribution is 5.17. The largest absolute Gasteiger partial charge is 0.396 e. The topological polar surface area (TPSA) is 20.2 Å². The van der Waals surface area contributed by atoms with E-state index in [9.17, 15) is 9.50 Å². The standard InChI is InChI=1S/C13H19FO/c1-13(2,3)11(9-15)8-10-4-6-12(14)7-5-10/h4-7,11,15H,8-9H2,1-3H3. The monoisotopic (exact) mass is 210 g/mol. The fraction of sp³-hybridized carbons (Fsp3) is 0.538. The van der Waals surface area contributed by atoms with Crippen LogP contribution >= 0.6 is 0 Å². The molecule has 0 radical (unpaired) electrons. The Kier molecular flexibility index (Phi) is 3.86. The molecule has 0 aromatic heterocycles. The van der Waals surface area contributed by atoms with Crippen LogP contribution in [0.15, 0.2) is 24.3 Å². The smallest absolute Gasteiger partial charge is 0.123 e. The Morgan fingerprint density at radius 2 is 1.73 bits per heavy atom. The molecule has 0 saturated heterocycles. The fourth-order valence-corrected chi connectivity index (χ4v) is 1.55. The average molecular weight is 210 g/mol. The molecule has 0 bridgehead atoms. The lowest BCUT2D eigenvalue weighted by atomic mass is 9.78. The first-order chi connectivity index (χ1) is 6.93. The minimum atomic E-state index is -0.213. The van der Waals surface area contributed by atoms with E-state index < -0.39 is 0 Å². The molecule has 1 rings (SSSR count). The molecule has 84 valence electrons. The van der Waals surface area contributed by atoms with Gasteiger partial charge in [0.25, 0.3) is 0 Å². The Balaban J connectivity index is 2.71. The van der Waals surface area contributed by atoms with Crippen LogP contribution in [0, 0.1) is 17.2 Å². The van der Waals surface area contributed by atoms with Crippen molar-refractivity contribution in [2.75, 3.05) is 6.61 Å². The zero-order chi connectivity index (χ0) is 11.5. The Morgan fingerprint density at radius 1 is 1.20 bits per heavy atom.